The quantitative estimate of drug-likeness (QED) is 0.123. The molecular formula is C50H64N4O9. The lowest BCUT2D eigenvalue weighted by molar-refractivity contribution is -0.155. The fourth-order valence-electron chi connectivity index (χ4n) is 10.8. The summed E-state index contributed by atoms with van der Waals surface area (Å²) < 4.78 is 39.5. The van der Waals surface area contributed by atoms with Crippen molar-refractivity contribution < 1.29 is 38.3 Å². The van der Waals surface area contributed by atoms with E-state index in [9.17, 15) is 9.90 Å². The molecule has 13 nitrogen and oxygen atoms in total. The second-order valence-corrected chi connectivity index (χ2v) is 17.4. The molecule has 0 unspecified atom stereocenters. The minimum atomic E-state index is -0.766. The molecule has 63 heavy (non-hydrogen) atoms. The summed E-state index contributed by atoms with van der Waals surface area (Å²) >= 11 is 0. The number of hydrogen-bond acceptors (Lipinski definition) is 10. The number of unbranched alkanes of at least 4 members (excludes halogenated alkanes) is 1. The summed E-state index contributed by atoms with van der Waals surface area (Å²) in [5.41, 5.74) is 6.81. The van der Waals surface area contributed by atoms with Crippen molar-refractivity contribution in [3.63, 3.8) is 0 Å². The Hall–Kier alpha value is -5.24. The summed E-state index contributed by atoms with van der Waals surface area (Å²) in [6.45, 7) is 7.08. The van der Waals surface area contributed by atoms with E-state index in [4.69, 9.17) is 28.4 Å². The molecule has 3 aromatic carbocycles. The first-order valence-electron chi connectivity index (χ1n) is 22.6. The molecule has 1 saturated heterocycles. The predicted molar refractivity (Wildman–Crippen MR) is 240 cm³/mol. The Balaban J connectivity index is 1.17. The largest absolute Gasteiger partial charge is 0.493 e. The van der Waals surface area contributed by atoms with Gasteiger partial charge in [0.1, 0.15) is 0 Å². The average Bonchev–Trinajstić information content (AvgIpc) is 3.54. The van der Waals surface area contributed by atoms with E-state index in [1.54, 1.807) is 33.1 Å². The average molecular weight is 865 g/mol. The van der Waals surface area contributed by atoms with Gasteiger partial charge in [0.15, 0.2) is 28.8 Å². The van der Waals surface area contributed by atoms with Crippen LogP contribution in [-0.2, 0) is 34.2 Å². The first kappa shape index (κ1) is 44.4. The molecular weight excluding hydrogens is 801 g/mol. The van der Waals surface area contributed by atoms with E-state index in [0.29, 0.717) is 61.8 Å². The van der Waals surface area contributed by atoms with Gasteiger partial charge < -0.3 is 38.4 Å². The number of methoxy groups -OCH3 is 4. The molecule has 0 radical (unpaired) electrons. The van der Waals surface area contributed by atoms with Crippen molar-refractivity contribution in [2.45, 2.75) is 89.5 Å². The van der Waals surface area contributed by atoms with Crippen LogP contribution in [-0.4, -0.2) is 97.8 Å². The maximum absolute atomic E-state index is 15.4. The highest BCUT2D eigenvalue weighted by molar-refractivity contribution is 5.92. The molecule has 4 aliphatic rings. The number of nitrogens with zero attached hydrogens (tertiary/aromatic N) is 4. The van der Waals surface area contributed by atoms with Crippen molar-refractivity contribution in [2.75, 3.05) is 61.3 Å². The van der Waals surface area contributed by atoms with E-state index < -0.39 is 12.2 Å². The molecule has 4 aromatic rings. The number of fused-ring (bicyclic) bond motifs is 4. The van der Waals surface area contributed by atoms with Crippen LogP contribution in [0.1, 0.15) is 97.0 Å². The van der Waals surface area contributed by atoms with Gasteiger partial charge in [0.2, 0.25) is 6.29 Å². The second kappa shape index (κ2) is 19.2. The number of piperidine rings is 1. The van der Waals surface area contributed by atoms with Crippen molar-refractivity contribution in [1.29, 1.82) is 0 Å². The normalized spacial score (nSPS) is 23.2. The Morgan fingerprint density at radius 2 is 1.49 bits per heavy atom. The van der Waals surface area contributed by atoms with Crippen LogP contribution in [0.25, 0.3) is 5.69 Å². The Kier molecular flexibility index (Phi) is 13.6. The fraction of sp³-hybridized carbons (Fsp3) is 0.520. The number of aromatic nitrogens is 2. The molecule has 0 saturated carbocycles. The predicted octanol–water partition coefficient (Wildman–Crippen LogP) is 7.18. The molecule has 6 atom stereocenters. The van der Waals surface area contributed by atoms with Crippen LogP contribution < -0.4 is 24.5 Å². The van der Waals surface area contributed by atoms with Crippen molar-refractivity contribution in [1.82, 2.24) is 19.2 Å². The second-order valence-electron chi connectivity index (χ2n) is 17.4. The van der Waals surface area contributed by atoms with Crippen molar-refractivity contribution >= 4 is 5.91 Å². The maximum Gasteiger partial charge on any atom is 0.289 e. The molecule has 5 heterocycles. The molecule has 4 aliphatic heterocycles. The lowest BCUT2D eigenvalue weighted by Crippen LogP contribution is -2.48. The third-order valence-electron chi connectivity index (χ3n) is 14.2. The number of carbonyl (C=O) groups is 1. The highest BCUT2D eigenvalue weighted by Crippen LogP contribution is 2.50. The van der Waals surface area contributed by atoms with Gasteiger partial charge in [-0.3, -0.25) is 19.2 Å². The number of allylic oxidation sites excluding steroid dienone is 1. The van der Waals surface area contributed by atoms with E-state index >= 15 is 4.79 Å². The van der Waals surface area contributed by atoms with E-state index in [1.807, 2.05) is 60.0 Å². The number of rotatable bonds is 15. The highest BCUT2D eigenvalue weighted by Gasteiger charge is 2.44. The van der Waals surface area contributed by atoms with Gasteiger partial charge in [0.05, 0.1) is 46.8 Å². The number of ether oxygens (including phenoxy) is 6. The minimum absolute atomic E-state index is 0.0615. The first-order valence-corrected chi connectivity index (χ1v) is 22.6. The van der Waals surface area contributed by atoms with Crippen LogP contribution in [0.4, 0.5) is 0 Å². The number of para-hydroxylation sites is 1. The molecule has 338 valence electrons. The number of hydrogen-bond donors (Lipinski definition) is 1. The molecule has 1 amide bonds. The van der Waals surface area contributed by atoms with Gasteiger partial charge in [0.25, 0.3) is 11.5 Å². The third kappa shape index (κ3) is 8.59. The number of carbonyl (C=O) groups excluding carboxylic acids is 1. The van der Waals surface area contributed by atoms with Crippen LogP contribution in [0.2, 0.25) is 0 Å². The Labute approximate surface area is 371 Å². The number of aliphatic hydroxyl groups excluding tert-OH is 1. The van der Waals surface area contributed by atoms with Gasteiger partial charge in [-0.05, 0) is 122 Å². The molecule has 13 heteroatoms. The zero-order valence-corrected chi connectivity index (χ0v) is 37.9. The number of amides is 1. The summed E-state index contributed by atoms with van der Waals surface area (Å²) in [4.78, 5) is 34.4. The zero-order chi connectivity index (χ0) is 44.4. The van der Waals surface area contributed by atoms with E-state index in [-0.39, 0.29) is 41.8 Å². The fourth-order valence-corrected chi connectivity index (χ4v) is 10.8. The maximum atomic E-state index is 15.4. The summed E-state index contributed by atoms with van der Waals surface area (Å²) in [5, 5.41) is 9.47. The topological polar surface area (TPSA) is 126 Å². The van der Waals surface area contributed by atoms with Gasteiger partial charge in [-0.2, -0.15) is 0 Å². The van der Waals surface area contributed by atoms with Gasteiger partial charge in [-0.1, -0.05) is 31.5 Å². The Morgan fingerprint density at radius 3 is 2.16 bits per heavy atom. The molecule has 0 aliphatic carbocycles. The number of aliphatic hydroxyl groups is 1. The minimum Gasteiger partial charge on any atom is -0.493 e. The Bertz CT molecular complexity index is 2360. The van der Waals surface area contributed by atoms with E-state index in [0.717, 1.165) is 72.8 Å². The summed E-state index contributed by atoms with van der Waals surface area (Å²) in [7, 11) is 8.57. The van der Waals surface area contributed by atoms with Crippen LogP contribution in [0.15, 0.2) is 71.2 Å². The lowest BCUT2D eigenvalue weighted by Gasteiger charge is -2.49. The molecule has 0 spiro atoms. The van der Waals surface area contributed by atoms with Gasteiger partial charge >= 0.3 is 0 Å². The zero-order valence-electron chi connectivity index (χ0n) is 37.9. The van der Waals surface area contributed by atoms with Crippen LogP contribution in [0.3, 0.4) is 0 Å². The van der Waals surface area contributed by atoms with E-state index in [1.165, 1.54) is 11.1 Å². The standard InChI is InChI=1S/C50H64N4O9/c1-8-32-30-52-18-16-33-24-42(58-4)44(60-6)28-38(33)40(52)22-35(32)23-41-39-29-45(61-7)43(59-5)25-34(39)17-19-53(41)49(56)46-26-36(27-47(63-46)62-21-13-12-20-55)48-31(2)51(3)54(50(48)57)37-14-10-9-11-15-37/h9-11,14-15,24-26,28-29,32,35-36,40-41,47,55H,8,12-13,16-23,27,30H2,1-7H3/t32-,35+,36+,40-,41+,47-/m0/s1. The molecule has 1 aromatic heterocycles. The molecule has 0 bridgehead atoms. The van der Waals surface area contributed by atoms with Crippen LogP contribution in [0.5, 0.6) is 23.0 Å². The molecule has 1 fully saturated rings. The van der Waals surface area contributed by atoms with Crippen molar-refractivity contribution in [2.24, 2.45) is 18.9 Å². The molecule has 8 rings (SSSR count). The van der Waals surface area contributed by atoms with Gasteiger partial charge in [-0.25, -0.2) is 4.68 Å². The van der Waals surface area contributed by atoms with Gasteiger partial charge in [-0.15, -0.1) is 0 Å². The van der Waals surface area contributed by atoms with Crippen molar-refractivity contribution in [3.8, 4) is 28.7 Å². The Morgan fingerprint density at radius 1 is 0.841 bits per heavy atom. The third-order valence-corrected chi connectivity index (χ3v) is 14.2. The first-order chi connectivity index (χ1) is 30.6. The highest BCUT2D eigenvalue weighted by atomic mass is 16.7. The SMILES string of the molecule is CC[C@H]1CN2CCc3cc(OC)c(OC)cc3[C@@H]2C[C@@H]1C[C@@H]1c2cc(OC)c(OC)cc2CCN1C(=O)C1=C[C@@H](c2c(C)n(C)n(-c3ccccc3)c2=O)C[C@@H](OCCCCO)O1. The smallest absolute Gasteiger partial charge is 0.289 e. The summed E-state index contributed by atoms with van der Waals surface area (Å²) in [6, 6.07) is 18.0. The van der Waals surface area contributed by atoms with Crippen LogP contribution >= 0.6 is 0 Å². The van der Waals surface area contributed by atoms with E-state index in [2.05, 4.69) is 36.1 Å². The van der Waals surface area contributed by atoms with Crippen LogP contribution in [0, 0.1) is 18.8 Å². The number of benzene rings is 3. The summed E-state index contributed by atoms with van der Waals surface area (Å²) in [6.07, 6.45) is 6.97. The monoisotopic (exact) mass is 864 g/mol. The molecule has 1 N–H and O–H groups in total. The lowest BCUT2D eigenvalue weighted by atomic mass is 9.72. The summed E-state index contributed by atoms with van der Waals surface area (Å²) in [5.74, 6) is 3.01. The van der Waals surface area contributed by atoms with Crippen molar-refractivity contribution in [3.05, 3.63) is 110 Å². The van der Waals surface area contributed by atoms with Gasteiger partial charge in [0, 0.05) is 62.9 Å².